The molecule has 5 heteroatoms. The summed E-state index contributed by atoms with van der Waals surface area (Å²) in [6.45, 7) is 2.94. The Morgan fingerprint density at radius 3 is 2.26 bits per heavy atom. The van der Waals surface area contributed by atoms with Crippen molar-refractivity contribution < 1.29 is 14.7 Å². The van der Waals surface area contributed by atoms with Gasteiger partial charge in [-0.05, 0) is 26.4 Å². The van der Waals surface area contributed by atoms with Crippen LogP contribution in [-0.2, 0) is 9.59 Å². The van der Waals surface area contributed by atoms with Gasteiger partial charge in [-0.3, -0.25) is 14.5 Å². The standard InChI is InChI=1S/C14H28N2O3/c1-3-4-5-6-7-8-11-16(2)12(14(18)19)9-10-13(15)17/h12H,3-11H2,1-2H3,(H2,15,17)(H,18,19)/t12-/m0/s1. The molecule has 0 spiro atoms. The molecule has 0 bridgehead atoms. The van der Waals surface area contributed by atoms with E-state index in [1.54, 1.807) is 7.05 Å². The average Bonchev–Trinajstić information content (AvgIpc) is 2.33. The summed E-state index contributed by atoms with van der Waals surface area (Å²) in [7, 11) is 1.80. The molecule has 0 rings (SSSR count). The van der Waals surface area contributed by atoms with Crippen molar-refractivity contribution in [1.29, 1.82) is 0 Å². The highest BCUT2D eigenvalue weighted by Crippen LogP contribution is 2.09. The summed E-state index contributed by atoms with van der Waals surface area (Å²) in [6.07, 6.45) is 7.51. The average molecular weight is 272 g/mol. The molecule has 0 radical (unpaired) electrons. The van der Waals surface area contributed by atoms with Crippen molar-refractivity contribution in [2.45, 2.75) is 64.3 Å². The van der Waals surface area contributed by atoms with Crippen LogP contribution in [0.5, 0.6) is 0 Å². The Labute approximate surface area is 116 Å². The van der Waals surface area contributed by atoms with Crippen LogP contribution in [0.15, 0.2) is 0 Å². The lowest BCUT2D eigenvalue weighted by Gasteiger charge is -2.24. The summed E-state index contributed by atoms with van der Waals surface area (Å²) >= 11 is 0. The SMILES string of the molecule is CCCCCCCCN(C)[C@@H](CCC(N)=O)C(=O)O. The molecule has 0 fully saturated rings. The quantitative estimate of drug-likeness (QED) is 0.532. The van der Waals surface area contributed by atoms with Gasteiger partial charge in [-0.2, -0.15) is 0 Å². The fourth-order valence-electron chi connectivity index (χ4n) is 2.11. The molecule has 0 aromatic heterocycles. The van der Waals surface area contributed by atoms with Crippen molar-refractivity contribution in [2.24, 2.45) is 5.73 Å². The van der Waals surface area contributed by atoms with E-state index < -0.39 is 17.9 Å². The van der Waals surface area contributed by atoms with E-state index in [4.69, 9.17) is 10.8 Å². The number of hydrogen-bond acceptors (Lipinski definition) is 3. The number of carbonyl (C=O) groups excluding carboxylic acids is 1. The van der Waals surface area contributed by atoms with Crippen LogP contribution in [-0.4, -0.2) is 41.5 Å². The highest BCUT2D eigenvalue weighted by molar-refractivity contribution is 5.77. The number of unbranched alkanes of at least 4 members (excludes halogenated alkanes) is 5. The number of amides is 1. The molecule has 0 saturated heterocycles. The van der Waals surface area contributed by atoms with Crippen LogP contribution in [0, 0.1) is 0 Å². The van der Waals surface area contributed by atoms with Gasteiger partial charge in [-0.1, -0.05) is 39.0 Å². The second kappa shape index (κ2) is 10.8. The van der Waals surface area contributed by atoms with E-state index in [0.29, 0.717) is 0 Å². The van der Waals surface area contributed by atoms with E-state index in [1.165, 1.54) is 25.7 Å². The molecule has 1 atom stereocenters. The smallest absolute Gasteiger partial charge is 0.320 e. The van der Waals surface area contributed by atoms with Crippen molar-refractivity contribution in [1.82, 2.24) is 4.90 Å². The summed E-state index contributed by atoms with van der Waals surface area (Å²) in [4.78, 5) is 23.7. The molecule has 0 aliphatic rings. The summed E-state index contributed by atoms with van der Waals surface area (Å²) in [5.74, 6) is -1.33. The van der Waals surface area contributed by atoms with Crippen LogP contribution >= 0.6 is 0 Å². The number of carboxylic acid groups (broad SMARTS) is 1. The molecule has 0 heterocycles. The molecule has 0 saturated carbocycles. The van der Waals surface area contributed by atoms with Gasteiger partial charge in [-0.25, -0.2) is 0 Å². The number of hydrogen-bond donors (Lipinski definition) is 2. The monoisotopic (exact) mass is 272 g/mol. The van der Waals surface area contributed by atoms with Crippen molar-refractivity contribution in [3.63, 3.8) is 0 Å². The number of nitrogens with zero attached hydrogens (tertiary/aromatic N) is 1. The van der Waals surface area contributed by atoms with Gasteiger partial charge in [-0.15, -0.1) is 0 Å². The van der Waals surface area contributed by atoms with E-state index in [-0.39, 0.29) is 12.8 Å². The molecule has 112 valence electrons. The minimum atomic E-state index is -0.880. The van der Waals surface area contributed by atoms with E-state index >= 15 is 0 Å². The summed E-state index contributed by atoms with van der Waals surface area (Å²) in [5, 5.41) is 9.14. The second-order valence-electron chi connectivity index (χ2n) is 5.11. The van der Waals surface area contributed by atoms with Crippen LogP contribution in [0.1, 0.15) is 58.3 Å². The van der Waals surface area contributed by atoms with Gasteiger partial charge < -0.3 is 10.8 Å². The maximum absolute atomic E-state index is 11.1. The topological polar surface area (TPSA) is 83.6 Å². The Morgan fingerprint density at radius 2 is 1.74 bits per heavy atom. The Balaban J connectivity index is 3.88. The van der Waals surface area contributed by atoms with Crippen LogP contribution in [0.3, 0.4) is 0 Å². The lowest BCUT2D eigenvalue weighted by Crippen LogP contribution is -2.39. The molecule has 3 N–H and O–H groups in total. The molecular formula is C14H28N2O3. The fourth-order valence-corrected chi connectivity index (χ4v) is 2.11. The van der Waals surface area contributed by atoms with Crippen LogP contribution in [0.25, 0.3) is 0 Å². The molecular weight excluding hydrogens is 244 g/mol. The van der Waals surface area contributed by atoms with E-state index in [9.17, 15) is 9.59 Å². The number of likely N-dealkylation sites (N-methyl/N-ethyl adjacent to an activating group) is 1. The van der Waals surface area contributed by atoms with Gasteiger partial charge in [0.25, 0.3) is 0 Å². The van der Waals surface area contributed by atoms with Gasteiger partial charge in [0.2, 0.25) is 5.91 Å². The first-order valence-electron chi connectivity index (χ1n) is 7.20. The third-order valence-electron chi connectivity index (χ3n) is 3.35. The number of carbonyl (C=O) groups is 2. The van der Waals surface area contributed by atoms with Gasteiger partial charge in [0, 0.05) is 6.42 Å². The minimum Gasteiger partial charge on any atom is -0.480 e. The Bertz CT molecular complexity index is 269. The minimum absolute atomic E-state index is 0.123. The molecule has 1 amide bonds. The lowest BCUT2D eigenvalue weighted by atomic mass is 10.1. The number of carboxylic acids is 1. The van der Waals surface area contributed by atoms with Crippen LogP contribution < -0.4 is 5.73 Å². The highest BCUT2D eigenvalue weighted by Gasteiger charge is 2.22. The van der Waals surface area contributed by atoms with E-state index in [1.807, 2.05) is 4.90 Å². The number of primary amides is 1. The maximum atomic E-state index is 11.1. The molecule has 0 aromatic carbocycles. The Hall–Kier alpha value is -1.10. The first-order chi connectivity index (χ1) is 8.99. The summed E-state index contributed by atoms with van der Waals surface area (Å²) in [5.41, 5.74) is 5.06. The van der Waals surface area contributed by atoms with Crippen molar-refractivity contribution in [2.75, 3.05) is 13.6 Å². The zero-order chi connectivity index (χ0) is 14.7. The number of nitrogens with two attached hydrogens (primary N) is 1. The first kappa shape index (κ1) is 17.9. The van der Waals surface area contributed by atoms with Gasteiger partial charge >= 0.3 is 5.97 Å². The summed E-state index contributed by atoms with van der Waals surface area (Å²) in [6, 6.07) is -0.608. The third kappa shape index (κ3) is 9.47. The molecule has 5 nitrogen and oxygen atoms in total. The predicted octanol–water partition coefficient (Wildman–Crippen LogP) is 2.00. The Morgan fingerprint density at radius 1 is 1.16 bits per heavy atom. The largest absolute Gasteiger partial charge is 0.480 e. The van der Waals surface area contributed by atoms with Crippen LogP contribution in [0.2, 0.25) is 0 Å². The molecule has 19 heavy (non-hydrogen) atoms. The molecule has 0 aliphatic heterocycles. The zero-order valence-corrected chi connectivity index (χ0v) is 12.2. The molecule has 0 aliphatic carbocycles. The number of aliphatic carboxylic acids is 1. The van der Waals surface area contributed by atoms with Crippen LogP contribution in [0.4, 0.5) is 0 Å². The number of rotatable bonds is 12. The van der Waals surface area contributed by atoms with Crippen molar-refractivity contribution >= 4 is 11.9 Å². The molecule has 0 aromatic rings. The predicted molar refractivity (Wildman–Crippen MR) is 75.9 cm³/mol. The maximum Gasteiger partial charge on any atom is 0.320 e. The summed E-state index contributed by atoms with van der Waals surface area (Å²) < 4.78 is 0. The van der Waals surface area contributed by atoms with Gasteiger partial charge in [0.15, 0.2) is 0 Å². The van der Waals surface area contributed by atoms with Gasteiger partial charge in [0.1, 0.15) is 6.04 Å². The van der Waals surface area contributed by atoms with Gasteiger partial charge in [0.05, 0.1) is 0 Å². The highest BCUT2D eigenvalue weighted by atomic mass is 16.4. The normalized spacial score (nSPS) is 12.6. The molecule has 0 unspecified atom stereocenters. The first-order valence-corrected chi connectivity index (χ1v) is 7.20. The van der Waals surface area contributed by atoms with Crippen molar-refractivity contribution in [3.8, 4) is 0 Å². The van der Waals surface area contributed by atoms with E-state index in [0.717, 1.165) is 19.4 Å². The fraction of sp³-hybridized carbons (Fsp3) is 0.857. The third-order valence-corrected chi connectivity index (χ3v) is 3.35. The zero-order valence-electron chi connectivity index (χ0n) is 12.2. The lowest BCUT2D eigenvalue weighted by molar-refractivity contribution is -0.143. The Kier molecular flexibility index (Phi) is 10.2. The van der Waals surface area contributed by atoms with E-state index in [2.05, 4.69) is 6.92 Å². The van der Waals surface area contributed by atoms with Crippen molar-refractivity contribution in [3.05, 3.63) is 0 Å². The second-order valence-corrected chi connectivity index (χ2v) is 5.11.